The van der Waals surface area contributed by atoms with Crippen molar-refractivity contribution in [3.63, 3.8) is 0 Å². The van der Waals surface area contributed by atoms with Gasteiger partial charge in [0.2, 0.25) is 0 Å². The van der Waals surface area contributed by atoms with E-state index in [0.29, 0.717) is 17.0 Å². The first-order valence-electron chi connectivity index (χ1n) is 6.24. The van der Waals surface area contributed by atoms with Gasteiger partial charge in [0.15, 0.2) is 0 Å². The van der Waals surface area contributed by atoms with Gasteiger partial charge in [0.25, 0.3) is 0 Å². The Morgan fingerprint density at radius 3 is 2.61 bits per heavy atom. The summed E-state index contributed by atoms with van der Waals surface area (Å²) in [5.74, 6) is -0.245. The summed E-state index contributed by atoms with van der Waals surface area (Å²) in [4.78, 5) is 11.2. The maximum Gasteiger partial charge on any atom is 0.337 e. The van der Waals surface area contributed by atoms with E-state index in [-0.39, 0.29) is 5.54 Å². The van der Waals surface area contributed by atoms with Crippen LogP contribution in [0.25, 0.3) is 0 Å². The number of aromatic carboxylic acids is 1. The molecule has 0 saturated heterocycles. The summed E-state index contributed by atoms with van der Waals surface area (Å²) < 4.78 is 5.15. The Labute approximate surface area is 107 Å². The molecule has 0 aliphatic heterocycles. The first kappa shape index (κ1) is 12.7. The molecule has 98 valence electrons. The van der Waals surface area contributed by atoms with Crippen molar-refractivity contribution >= 4 is 11.7 Å². The summed E-state index contributed by atoms with van der Waals surface area (Å²) in [7, 11) is 1.58. The highest BCUT2D eigenvalue weighted by molar-refractivity contribution is 5.94. The molecule has 1 aliphatic rings. The van der Waals surface area contributed by atoms with Crippen molar-refractivity contribution in [1.82, 2.24) is 0 Å². The third-order valence-electron chi connectivity index (χ3n) is 3.60. The van der Waals surface area contributed by atoms with Crippen molar-refractivity contribution in [3.05, 3.63) is 23.8 Å². The van der Waals surface area contributed by atoms with Crippen molar-refractivity contribution < 1.29 is 14.6 Å². The zero-order chi connectivity index (χ0) is 13.2. The second-order valence-electron chi connectivity index (χ2n) is 5.11. The van der Waals surface area contributed by atoms with E-state index in [2.05, 4.69) is 12.2 Å². The highest BCUT2D eigenvalue weighted by Gasteiger charge is 2.29. The zero-order valence-electron chi connectivity index (χ0n) is 10.8. The normalized spacial score (nSPS) is 17.4. The summed E-state index contributed by atoms with van der Waals surface area (Å²) in [5, 5.41) is 12.6. The Balaban J connectivity index is 2.31. The molecule has 0 atom stereocenters. The van der Waals surface area contributed by atoms with Crippen molar-refractivity contribution in [2.45, 2.75) is 38.1 Å². The smallest absolute Gasteiger partial charge is 0.337 e. The Bertz CT molecular complexity index is 450. The molecule has 0 spiro atoms. The van der Waals surface area contributed by atoms with Crippen LogP contribution in [0.4, 0.5) is 5.69 Å². The molecule has 1 aromatic carbocycles. The van der Waals surface area contributed by atoms with Gasteiger partial charge < -0.3 is 15.2 Å². The fraction of sp³-hybridized carbons (Fsp3) is 0.500. The predicted octanol–water partition coefficient (Wildman–Crippen LogP) is 3.14. The molecule has 0 heterocycles. The van der Waals surface area contributed by atoms with Gasteiger partial charge in [-0.1, -0.05) is 12.8 Å². The van der Waals surface area contributed by atoms with Crippen LogP contribution in [0.3, 0.4) is 0 Å². The van der Waals surface area contributed by atoms with Crippen molar-refractivity contribution in [1.29, 1.82) is 0 Å². The predicted molar refractivity (Wildman–Crippen MR) is 70.4 cm³/mol. The van der Waals surface area contributed by atoms with E-state index in [9.17, 15) is 9.90 Å². The lowest BCUT2D eigenvalue weighted by molar-refractivity contribution is 0.0698. The number of carboxylic acids is 1. The second-order valence-corrected chi connectivity index (χ2v) is 5.11. The lowest BCUT2D eigenvalue weighted by atomic mass is 9.99. The van der Waals surface area contributed by atoms with Gasteiger partial charge >= 0.3 is 5.97 Å². The number of hydrogen-bond donors (Lipinski definition) is 2. The third-order valence-corrected chi connectivity index (χ3v) is 3.60. The maximum absolute atomic E-state index is 11.2. The Morgan fingerprint density at radius 1 is 1.39 bits per heavy atom. The van der Waals surface area contributed by atoms with Gasteiger partial charge in [0, 0.05) is 11.6 Å². The summed E-state index contributed by atoms with van der Waals surface area (Å²) in [6.07, 6.45) is 4.53. The minimum atomic E-state index is -0.915. The molecule has 0 radical (unpaired) electrons. The number of rotatable bonds is 4. The van der Waals surface area contributed by atoms with Crippen molar-refractivity contribution in [2.75, 3.05) is 12.4 Å². The van der Waals surface area contributed by atoms with Gasteiger partial charge in [0.1, 0.15) is 5.75 Å². The molecule has 0 bridgehead atoms. The van der Waals surface area contributed by atoms with Gasteiger partial charge in [-0.3, -0.25) is 0 Å². The standard InChI is InChI=1S/C14H19NO3/c1-14(7-3-4-8-14)15-12-9-10(18-2)5-6-11(12)13(16)17/h5-6,9,15H,3-4,7-8H2,1-2H3,(H,16,17). The molecule has 0 aromatic heterocycles. The van der Waals surface area contributed by atoms with Crippen LogP contribution in [0.1, 0.15) is 43.0 Å². The van der Waals surface area contributed by atoms with E-state index in [1.165, 1.54) is 12.8 Å². The number of benzene rings is 1. The summed E-state index contributed by atoms with van der Waals surface area (Å²) >= 11 is 0. The first-order valence-corrected chi connectivity index (χ1v) is 6.24. The molecule has 0 unspecified atom stereocenters. The summed E-state index contributed by atoms with van der Waals surface area (Å²) in [5.41, 5.74) is 0.937. The Hall–Kier alpha value is -1.71. The van der Waals surface area contributed by atoms with Crippen LogP contribution in [0, 0.1) is 0 Å². The number of methoxy groups -OCH3 is 1. The lowest BCUT2D eigenvalue weighted by Crippen LogP contribution is -2.31. The molecule has 18 heavy (non-hydrogen) atoms. The van der Waals surface area contributed by atoms with Crippen LogP contribution in [-0.2, 0) is 0 Å². The van der Waals surface area contributed by atoms with Crippen LogP contribution >= 0.6 is 0 Å². The molecule has 4 heteroatoms. The fourth-order valence-electron chi connectivity index (χ4n) is 2.55. The van der Waals surface area contributed by atoms with Crippen LogP contribution < -0.4 is 10.1 Å². The largest absolute Gasteiger partial charge is 0.497 e. The van der Waals surface area contributed by atoms with Crippen LogP contribution in [0.5, 0.6) is 5.75 Å². The maximum atomic E-state index is 11.2. The number of carboxylic acid groups (broad SMARTS) is 1. The third kappa shape index (κ3) is 2.58. The van der Waals surface area contributed by atoms with Gasteiger partial charge in [-0.25, -0.2) is 4.79 Å². The molecule has 1 saturated carbocycles. The molecule has 1 aromatic rings. The number of hydrogen-bond acceptors (Lipinski definition) is 3. The number of ether oxygens (including phenoxy) is 1. The highest BCUT2D eigenvalue weighted by atomic mass is 16.5. The Morgan fingerprint density at radius 2 is 2.06 bits per heavy atom. The van der Waals surface area contributed by atoms with E-state index in [1.54, 1.807) is 25.3 Å². The molecule has 2 N–H and O–H groups in total. The van der Waals surface area contributed by atoms with Gasteiger partial charge in [0.05, 0.1) is 18.4 Å². The molecule has 0 amide bonds. The fourth-order valence-corrected chi connectivity index (χ4v) is 2.55. The van der Waals surface area contributed by atoms with Gasteiger partial charge in [-0.15, -0.1) is 0 Å². The lowest BCUT2D eigenvalue weighted by Gasteiger charge is -2.27. The average molecular weight is 249 g/mol. The van der Waals surface area contributed by atoms with E-state index in [4.69, 9.17) is 4.74 Å². The van der Waals surface area contributed by atoms with Crippen molar-refractivity contribution in [3.8, 4) is 5.75 Å². The molecular formula is C14H19NO3. The topological polar surface area (TPSA) is 58.6 Å². The molecular weight excluding hydrogens is 230 g/mol. The summed E-state index contributed by atoms with van der Waals surface area (Å²) in [6, 6.07) is 5.01. The van der Waals surface area contributed by atoms with Crippen LogP contribution in [0.15, 0.2) is 18.2 Å². The van der Waals surface area contributed by atoms with Gasteiger partial charge in [-0.05, 0) is 31.9 Å². The monoisotopic (exact) mass is 249 g/mol. The second kappa shape index (κ2) is 4.88. The van der Waals surface area contributed by atoms with E-state index >= 15 is 0 Å². The molecule has 4 nitrogen and oxygen atoms in total. The van der Waals surface area contributed by atoms with E-state index in [0.717, 1.165) is 12.8 Å². The molecule has 1 fully saturated rings. The van der Waals surface area contributed by atoms with Crippen LogP contribution in [-0.4, -0.2) is 23.7 Å². The number of nitrogens with one attached hydrogen (secondary N) is 1. The number of carbonyl (C=O) groups is 1. The first-order chi connectivity index (χ1) is 8.54. The van der Waals surface area contributed by atoms with Crippen LogP contribution in [0.2, 0.25) is 0 Å². The molecule has 1 aliphatic carbocycles. The zero-order valence-corrected chi connectivity index (χ0v) is 10.8. The van der Waals surface area contributed by atoms with E-state index in [1.807, 2.05) is 0 Å². The van der Waals surface area contributed by atoms with Crippen molar-refractivity contribution in [2.24, 2.45) is 0 Å². The number of anilines is 1. The van der Waals surface area contributed by atoms with E-state index < -0.39 is 5.97 Å². The SMILES string of the molecule is COc1ccc(C(=O)O)c(NC2(C)CCCC2)c1. The minimum absolute atomic E-state index is 0.00341. The quantitative estimate of drug-likeness (QED) is 0.860. The average Bonchev–Trinajstić information content (AvgIpc) is 2.75. The van der Waals surface area contributed by atoms with Gasteiger partial charge in [-0.2, -0.15) is 0 Å². The molecule has 2 rings (SSSR count). The Kier molecular flexibility index (Phi) is 3.45. The highest BCUT2D eigenvalue weighted by Crippen LogP contribution is 2.34. The minimum Gasteiger partial charge on any atom is -0.497 e. The summed E-state index contributed by atoms with van der Waals surface area (Å²) in [6.45, 7) is 2.14.